The third-order valence-corrected chi connectivity index (χ3v) is 5.04. The van der Waals surface area contributed by atoms with Crippen LogP contribution >= 0.6 is 0 Å². The molecule has 2 aromatic heterocycles. The van der Waals surface area contributed by atoms with Crippen molar-refractivity contribution in [3.05, 3.63) is 60.6 Å². The molecule has 1 saturated heterocycles. The Morgan fingerprint density at radius 2 is 1.97 bits per heavy atom. The lowest BCUT2D eigenvalue weighted by Crippen LogP contribution is -2.40. The monoisotopic (exact) mass is 405 g/mol. The van der Waals surface area contributed by atoms with E-state index >= 15 is 0 Å². The van der Waals surface area contributed by atoms with Crippen LogP contribution in [0, 0.1) is 0 Å². The van der Waals surface area contributed by atoms with Crippen LogP contribution in [0.25, 0.3) is 11.1 Å². The highest BCUT2D eigenvalue weighted by Gasteiger charge is 2.28. The molecule has 154 valence electrons. The lowest BCUT2D eigenvalue weighted by Gasteiger charge is -2.18. The molecule has 30 heavy (non-hydrogen) atoms. The van der Waals surface area contributed by atoms with Crippen LogP contribution in [-0.2, 0) is 7.05 Å². The topological polar surface area (TPSA) is 118 Å². The SMILES string of the molecule is Cn1cc(-c2cnc(N)c(C(=O)N[C@@H]3CCN(C(=O)Nc4ccccc4)C3)c2)cn1. The molecule has 0 saturated carbocycles. The van der Waals surface area contributed by atoms with Gasteiger partial charge in [-0.3, -0.25) is 9.48 Å². The second kappa shape index (κ2) is 8.24. The van der Waals surface area contributed by atoms with Crippen molar-refractivity contribution < 1.29 is 9.59 Å². The summed E-state index contributed by atoms with van der Waals surface area (Å²) in [5, 5.41) is 9.97. The normalized spacial score (nSPS) is 15.8. The summed E-state index contributed by atoms with van der Waals surface area (Å²) in [7, 11) is 1.82. The second-order valence-corrected chi connectivity index (χ2v) is 7.26. The van der Waals surface area contributed by atoms with Gasteiger partial charge in [0.1, 0.15) is 5.82 Å². The van der Waals surface area contributed by atoms with Crippen molar-refractivity contribution in [2.24, 2.45) is 7.05 Å². The number of rotatable bonds is 4. The molecule has 3 amide bonds. The molecule has 0 unspecified atom stereocenters. The van der Waals surface area contributed by atoms with E-state index in [4.69, 9.17) is 5.73 Å². The zero-order valence-corrected chi connectivity index (χ0v) is 16.6. The van der Waals surface area contributed by atoms with Crippen LogP contribution in [0.3, 0.4) is 0 Å². The first-order valence-electron chi connectivity index (χ1n) is 9.66. The van der Waals surface area contributed by atoms with E-state index in [9.17, 15) is 9.59 Å². The average Bonchev–Trinajstić information content (AvgIpc) is 3.38. The smallest absolute Gasteiger partial charge is 0.321 e. The van der Waals surface area contributed by atoms with E-state index in [1.165, 1.54) is 0 Å². The number of amides is 3. The highest BCUT2D eigenvalue weighted by Crippen LogP contribution is 2.22. The Morgan fingerprint density at radius 1 is 1.17 bits per heavy atom. The largest absolute Gasteiger partial charge is 0.383 e. The number of urea groups is 1. The molecule has 3 heterocycles. The molecule has 3 aromatic rings. The van der Waals surface area contributed by atoms with Crippen LogP contribution in [-0.4, -0.2) is 50.7 Å². The molecular formula is C21H23N7O2. The minimum Gasteiger partial charge on any atom is -0.383 e. The highest BCUT2D eigenvalue weighted by atomic mass is 16.2. The summed E-state index contributed by atoms with van der Waals surface area (Å²) in [6.45, 7) is 0.993. The van der Waals surface area contributed by atoms with Crippen molar-refractivity contribution in [2.45, 2.75) is 12.5 Å². The van der Waals surface area contributed by atoms with E-state index in [0.717, 1.165) is 16.8 Å². The number of hydrogen-bond acceptors (Lipinski definition) is 5. The Hall–Kier alpha value is -3.88. The van der Waals surface area contributed by atoms with Gasteiger partial charge in [-0.15, -0.1) is 0 Å². The molecule has 1 aromatic carbocycles. The molecule has 0 radical (unpaired) electrons. The van der Waals surface area contributed by atoms with Crippen LogP contribution in [0.2, 0.25) is 0 Å². The average molecular weight is 405 g/mol. The van der Waals surface area contributed by atoms with Gasteiger partial charge in [-0.05, 0) is 24.6 Å². The molecule has 1 aliphatic rings. The number of benzene rings is 1. The van der Waals surface area contributed by atoms with E-state index < -0.39 is 0 Å². The van der Waals surface area contributed by atoms with Gasteiger partial charge >= 0.3 is 6.03 Å². The van der Waals surface area contributed by atoms with E-state index in [-0.39, 0.29) is 23.8 Å². The summed E-state index contributed by atoms with van der Waals surface area (Å²) in [5.41, 5.74) is 8.60. The van der Waals surface area contributed by atoms with Gasteiger partial charge in [0.15, 0.2) is 0 Å². The van der Waals surface area contributed by atoms with Gasteiger partial charge in [0.05, 0.1) is 11.8 Å². The fourth-order valence-electron chi connectivity index (χ4n) is 3.44. The van der Waals surface area contributed by atoms with Gasteiger partial charge in [-0.1, -0.05) is 18.2 Å². The number of carbonyl (C=O) groups is 2. The van der Waals surface area contributed by atoms with Gasteiger partial charge in [0.2, 0.25) is 0 Å². The predicted molar refractivity (Wildman–Crippen MR) is 114 cm³/mol. The van der Waals surface area contributed by atoms with Crippen LogP contribution in [0.4, 0.5) is 16.3 Å². The maximum Gasteiger partial charge on any atom is 0.321 e. The summed E-state index contributed by atoms with van der Waals surface area (Å²) in [5.74, 6) is -0.141. The number of hydrogen-bond donors (Lipinski definition) is 3. The molecule has 1 fully saturated rings. The second-order valence-electron chi connectivity index (χ2n) is 7.26. The third-order valence-electron chi connectivity index (χ3n) is 5.04. The first-order chi connectivity index (χ1) is 14.5. The Bertz CT molecular complexity index is 1060. The number of likely N-dealkylation sites (tertiary alicyclic amines) is 1. The number of anilines is 2. The predicted octanol–water partition coefficient (Wildman–Crippen LogP) is 2.10. The van der Waals surface area contributed by atoms with Crippen LogP contribution in [0.5, 0.6) is 0 Å². The number of nitrogen functional groups attached to an aromatic ring is 1. The standard InChI is InChI=1S/C21H23N7O2/c1-27-12-15(11-24-27)14-9-18(19(22)23-10-14)20(29)25-17-7-8-28(13-17)21(30)26-16-5-3-2-4-6-16/h2-6,9-12,17H,7-8,13H2,1H3,(H2,22,23)(H,25,29)(H,26,30)/t17-/m1/s1. The molecule has 0 bridgehead atoms. The Morgan fingerprint density at radius 3 is 2.70 bits per heavy atom. The number of carbonyl (C=O) groups excluding carboxylic acids is 2. The first kappa shape index (κ1) is 19.4. The molecule has 9 heteroatoms. The quantitative estimate of drug-likeness (QED) is 0.614. The van der Waals surface area contributed by atoms with Crippen molar-refractivity contribution in [3.63, 3.8) is 0 Å². The Balaban J connectivity index is 1.39. The molecule has 0 spiro atoms. The summed E-state index contributed by atoms with van der Waals surface area (Å²) in [6, 6.07) is 10.7. The number of nitrogens with two attached hydrogens (primary N) is 1. The zero-order valence-electron chi connectivity index (χ0n) is 16.6. The molecule has 4 rings (SSSR count). The third kappa shape index (κ3) is 4.24. The molecule has 4 N–H and O–H groups in total. The first-order valence-corrected chi connectivity index (χ1v) is 9.66. The molecule has 9 nitrogen and oxygen atoms in total. The van der Waals surface area contributed by atoms with Gasteiger partial charge < -0.3 is 21.3 Å². The summed E-state index contributed by atoms with van der Waals surface area (Å²) >= 11 is 0. The van der Waals surface area contributed by atoms with Gasteiger partial charge in [-0.2, -0.15) is 5.10 Å². The number of pyridine rings is 1. The van der Waals surface area contributed by atoms with E-state index in [1.807, 2.05) is 43.6 Å². The molecule has 1 atom stereocenters. The molecular weight excluding hydrogens is 382 g/mol. The number of nitrogens with one attached hydrogen (secondary N) is 2. The lowest BCUT2D eigenvalue weighted by atomic mass is 10.1. The van der Waals surface area contributed by atoms with E-state index in [2.05, 4.69) is 20.7 Å². The Kier molecular flexibility index (Phi) is 5.34. The van der Waals surface area contributed by atoms with Crippen molar-refractivity contribution in [3.8, 4) is 11.1 Å². The van der Waals surface area contributed by atoms with Crippen molar-refractivity contribution >= 4 is 23.4 Å². The van der Waals surface area contributed by atoms with Crippen molar-refractivity contribution in [1.29, 1.82) is 0 Å². The lowest BCUT2D eigenvalue weighted by molar-refractivity contribution is 0.0938. The van der Waals surface area contributed by atoms with E-state index in [1.54, 1.807) is 28.0 Å². The van der Waals surface area contributed by atoms with Crippen LogP contribution in [0.1, 0.15) is 16.8 Å². The number of para-hydroxylation sites is 1. The number of nitrogens with zero attached hydrogens (tertiary/aromatic N) is 4. The van der Waals surface area contributed by atoms with Crippen molar-refractivity contribution in [2.75, 3.05) is 24.1 Å². The summed E-state index contributed by atoms with van der Waals surface area (Å²) in [6.07, 6.45) is 5.84. The van der Waals surface area contributed by atoms with Gasteiger partial charge in [0.25, 0.3) is 5.91 Å². The Labute approximate surface area is 173 Å². The van der Waals surface area contributed by atoms with Crippen molar-refractivity contribution in [1.82, 2.24) is 25.0 Å². The minimum atomic E-state index is -0.305. The maximum atomic E-state index is 12.8. The maximum absolute atomic E-state index is 12.8. The summed E-state index contributed by atoms with van der Waals surface area (Å²) in [4.78, 5) is 31.1. The molecule has 0 aliphatic carbocycles. The fraction of sp³-hybridized carbons (Fsp3) is 0.238. The summed E-state index contributed by atoms with van der Waals surface area (Å²) < 4.78 is 1.68. The fourth-order valence-corrected chi connectivity index (χ4v) is 3.44. The van der Waals surface area contributed by atoms with Crippen LogP contribution < -0.4 is 16.4 Å². The number of aromatic nitrogens is 3. The van der Waals surface area contributed by atoms with Gasteiger partial charge in [-0.25, -0.2) is 9.78 Å². The van der Waals surface area contributed by atoms with Crippen LogP contribution in [0.15, 0.2) is 55.0 Å². The zero-order chi connectivity index (χ0) is 21.1. The van der Waals surface area contributed by atoms with E-state index in [0.29, 0.717) is 25.1 Å². The minimum absolute atomic E-state index is 0.152. The van der Waals surface area contributed by atoms with Gasteiger partial charge in [0, 0.05) is 55.4 Å². The molecule has 1 aliphatic heterocycles. The highest BCUT2D eigenvalue weighted by molar-refractivity contribution is 5.99. The number of aryl methyl sites for hydroxylation is 1.